The highest BCUT2D eigenvalue weighted by molar-refractivity contribution is 7.46. The maximum atomic E-state index is 9.81. The van der Waals surface area contributed by atoms with E-state index in [1.54, 1.807) is 37.4 Å². The molecule has 8 nitrogen and oxygen atoms in total. The zero-order valence-electron chi connectivity index (χ0n) is 9.51. The third kappa shape index (κ3) is 14.3. The monoisotopic (exact) mass is 274 g/mol. The van der Waals surface area contributed by atoms with Crippen molar-refractivity contribution in [2.75, 3.05) is 6.61 Å². The van der Waals surface area contributed by atoms with Gasteiger partial charge in [-0.15, -0.1) is 6.58 Å². The Balaban J connectivity index is 0.000000250. The van der Waals surface area contributed by atoms with Crippen molar-refractivity contribution in [1.29, 1.82) is 0 Å². The zero-order chi connectivity index (χ0) is 13.7. The molecule has 0 saturated heterocycles. The van der Waals surface area contributed by atoms with E-state index < -0.39 is 7.82 Å². The van der Waals surface area contributed by atoms with Crippen LogP contribution in [0, 0.1) is 0 Å². The number of imidazole rings is 2. The van der Waals surface area contributed by atoms with E-state index in [0.717, 1.165) is 0 Å². The summed E-state index contributed by atoms with van der Waals surface area (Å²) in [6, 6.07) is 0. The SMILES string of the molecule is C=CCOP(=O)(O)O.c1c[nH]cn1.c1c[nH]cn1. The first-order valence-corrected chi connectivity index (χ1v) is 6.25. The maximum Gasteiger partial charge on any atom is 0.469 e. The number of H-pyrrole nitrogens is 2. The molecule has 100 valence electrons. The fourth-order valence-corrected chi connectivity index (χ4v) is 0.880. The average molecular weight is 274 g/mol. The minimum absolute atomic E-state index is 0.121. The van der Waals surface area contributed by atoms with Crippen molar-refractivity contribution in [2.24, 2.45) is 0 Å². The Bertz CT molecular complexity index is 351. The van der Waals surface area contributed by atoms with Gasteiger partial charge in [0.05, 0.1) is 19.3 Å². The molecule has 0 atom stereocenters. The molecule has 0 aliphatic rings. The van der Waals surface area contributed by atoms with Gasteiger partial charge in [0.2, 0.25) is 0 Å². The quantitative estimate of drug-likeness (QED) is 0.490. The summed E-state index contributed by atoms with van der Waals surface area (Å²) in [5.41, 5.74) is 0. The topological polar surface area (TPSA) is 124 Å². The summed E-state index contributed by atoms with van der Waals surface area (Å²) in [4.78, 5) is 28.8. The summed E-state index contributed by atoms with van der Waals surface area (Å²) in [6.07, 6.45) is 11.4. The van der Waals surface area contributed by atoms with Gasteiger partial charge >= 0.3 is 7.82 Å². The van der Waals surface area contributed by atoms with Crippen LogP contribution in [0.2, 0.25) is 0 Å². The molecular formula is C9H15N4O4P. The molecule has 18 heavy (non-hydrogen) atoms. The fraction of sp³-hybridized carbons (Fsp3) is 0.111. The molecule has 0 unspecified atom stereocenters. The Morgan fingerprint density at radius 1 is 1.22 bits per heavy atom. The number of hydrogen-bond acceptors (Lipinski definition) is 4. The van der Waals surface area contributed by atoms with Crippen LogP contribution in [0.15, 0.2) is 50.1 Å². The smallest absolute Gasteiger partial charge is 0.351 e. The Morgan fingerprint density at radius 3 is 1.83 bits per heavy atom. The van der Waals surface area contributed by atoms with Crippen LogP contribution in [0.3, 0.4) is 0 Å². The van der Waals surface area contributed by atoms with Gasteiger partial charge in [0.1, 0.15) is 0 Å². The van der Waals surface area contributed by atoms with Gasteiger partial charge in [0.15, 0.2) is 0 Å². The Morgan fingerprint density at radius 2 is 1.72 bits per heavy atom. The zero-order valence-corrected chi connectivity index (χ0v) is 10.4. The summed E-state index contributed by atoms with van der Waals surface area (Å²) in [5, 5.41) is 0. The number of aromatic amines is 2. The first-order chi connectivity index (χ1) is 8.56. The molecule has 0 aromatic carbocycles. The van der Waals surface area contributed by atoms with E-state index in [0.29, 0.717) is 0 Å². The highest BCUT2D eigenvalue weighted by Crippen LogP contribution is 2.35. The Hall–Kier alpha value is -1.73. The molecule has 2 heterocycles. The average Bonchev–Trinajstić information content (AvgIpc) is 3.01. The van der Waals surface area contributed by atoms with Gasteiger partial charge in [0.25, 0.3) is 0 Å². The lowest BCUT2D eigenvalue weighted by Gasteiger charge is -1.98. The van der Waals surface area contributed by atoms with Crippen LogP contribution >= 0.6 is 7.82 Å². The Labute approximate surface area is 104 Å². The van der Waals surface area contributed by atoms with Crippen molar-refractivity contribution in [1.82, 2.24) is 19.9 Å². The van der Waals surface area contributed by atoms with Gasteiger partial charge in [-0.05, 0) is 0 Å². The number of phosphoric acid groups is 1. The van der Waals surface area contributed by atoms with Gasteiger partial charge in [-0.2, -0.15) is 0 Å². The van der Waals surface area contributed by atoms with Gasteiger partial charge in [0, 0.05) is 24.8 Å². The lowest BCUT2D eigenvalue weighted by molar-refractivity contribution is 0.216. The predicted octanol–water partition coefficient (Wildman–Crippen LogP) is 1.10. The second kappa shape index (κ2) is 10.4. The first kappa shape index (κ1) is 16.3. The van der Waals surface area contributed by atoms with Gasteiger partial charge in [-0.1, -0.05) is 6.08 Å². The molecule has 2 aromatic heterocycles. The van der Waals surface area contributed by atoms with Crippen LogP contribution in [-0.4, -0.2) is 36.3 Å². The van der Waals surface area contributed by atoms with E-state index in [1.807, 2.05) is 0 Å². The molecule has 4 N–H and O–H groups in total. The van der Waals surface area contributed by atoms with Crippen LogP contribution in [0.5, 0.6) is 0 Å². The molecule has 0 spiro atoms. The number of aromatic nitrogens is 4. The van der Waals surface area contributed by atoms with E-state index in [4.69, 9.17) is 9.79 Å². The normalized spacial score (nSPS) is 9.44. The lowest BCUT2D eigenvalue weighted by Crippen LogP contribution is -1.86. The van der Waals surface area contributed by atoms with Crippen molar-refractivity contribution in [3.8, 4) is 0 Å². The summed E-state index contributed by atoms with van der Waals surface area (Å²) in [6.45, 7) is 3.07. The molecule has 0 aliphatic carbocycles. The predicted molar refractivity (Wildman–Crippen MR) is 65.4 cm³/mol. The van der Waals surface area contributed by atoms with E-state index in [9.17, 15) is 4.57 Å². The number of rotatable bonds is 3. The summed E-state index contributed by atoms with van der Waals surface area (Å²) >= 11 is 0. The number of nitrogens with one attached hydrogen (secondary N) is 2. The standard InChI is InChI=1S/2C3H4N2.C3H7O4P/c2*1-2-5-3-4-1;1-2-3-7-8(4,5)6/h2*1-3H,(H,4,5);2H,1,3H2,(H2,4,5,6). The van der Waals surface area contributed by atoms with Crippen molar-refractivity contribution in [3.05, 3.63) is 50.1 Å². The minimum atomic E-state index is -4.25. The van der Waals surface area contributed by atoms with Crippen molar-refractivity contribution in [2.45, 2.75) is 0 Å². The summed E-state index contributed by atoms with van der Waals surface area (Å²) in [7, 11) is -4.25. The molecule has 2 rings (SSSR count). The molecular weight excluding hydrogens is 259 g/mol. The van der Waals surface area contributed by atoms with E-state index in [-0.39, 0.29) is 6.61 Å². The second-order valence-corrected chi connectivity index (χ2v) is 3.84. The van der Waals surface area contributed by atoms with Gasteiger partial charge in [-0.25, -0.2) is 14.5 Å². The summed E-state index contributed by atoms with van der Waals surface area (Å²) in [5.74, 6) is 0. The third-order valence-electron chi connectivity index (χ3n) is 1.17. The van der Waals surface area contributed by atoms with E-state index in [2.05, 4.69) is 31.0 Å². The Kier molecular flexibility index (Phi) is 9.42. The highest BCUT2D eigenvalue weighted by Gasteiger charge is 2.10. The highest BCUT2D eigenvalue weighted by atomic mass is 31.2. The van der Waals surface area contributed by atoms with Crippen molar-refractivity contribution < 1.29 is 18.9 Å². The van der Waals surface area contributed by atoms with E-state index >= 15 is 0 Å². The maximum absolute atomic E-state index is 9.81. The molecule has 9 heteroatoms. The summed E-state index contributed by atoms with van der Waals surface area (Å²) < 4.78 is 13.7. The van der Waals surface area contributed by atoms with Gasteiger partial charge < -0.3 is 19.8 Å². The third-order valence-corrected chi connectivity index (χ3v) is 1.66. The molecule has 0 saturated carbocycles. The fourth-order valence-electron chi connectivity index (χ4n) is 0.580. The number of nitrogens with zero attached hydrogens (tertiary/aromatic N) is 2. The van der Waals surface area contributed by atoms with Crippen LogP contribution in [0.1, 0.15) is 0 Å². The van der Waals surface area contributed by atoms with Gasteiger partial charge in [-0.3, -0.25) is 4.52 Å². The molecule has 0 aliphatic heterocycles. The molecule has 0 amide bonds. The van der Waals surface area contributed by atoms with Crippen molar-refractivity contribution in [3.63, 3.8) is 0 Å². The van der Waals surface area contributed by atoms with Crippen LogP contribution < -0.4 is 0 Å². The van der Waals surface area contributed by atoms with Crippen LogP contribution in [0.25, 0.3) is 0 Å². The molecule has 2 aromatic rings. The molecule has 0 radical (unpaired) electrons. The number of hydrogen-bond donors (Lipinski definition) is 4. The van der Waals surface area contributed by atoms with Crippen LogP contribution in [0.4, 0.5) is 0 Å². The van der Waals surface area contributed by atoms with Crippen molar-refractivity contribution >= 4 is 7.82 Å². The second-order valence-electron chi connectivity index (χ2n) is 2.60. The lowest BCUT2D eigenvalue weighted by atomic mass is 10.7. The van der Waals surface area contributed by atoms with Crippen LogP contribution in [-0.2, 0) is 9.09 Å². The van der Waals surface area contributed by atoms with E-state index in [1.165, 1.54) is 6.08 Å². The minimum Gasteiger partial charge on any atom is -0.351 e. The molecule has 0 bridgehead atoms. The number of phosphoric ester groups is 1. The first-order valence-electron chi connectivity index (χ1n) is 4.72. The molecule has 0 fully saturated rings. The largest absolute Gasteiger partial charge is 0.469 e.